The van der Waals surface area contributed by atoms with Crippen molar-refractivity contribution < 1.29 is 9.90 Å². The van der Waals surface area contributed by atoms with Crippen LogP contribution < -0.4 is 5.32 Å². The molecule has 2 aliphatic carbocycles. The van der Waals surface area contributed by atoms with Gasteiger partial charge in [-0.1, -0.05) is 62.1 Å². The SMILES string of the molecule is Cc1cc(C)c2c3c(n(Cc4ccc(C(C(=O)NCc5ccc(O)cc5)C5CCCCCC5)cc4)c2n1)CCCC3. The van der Waals surface area contributed by atoms with Gasteiger partial charge < -0.3 is 15.0 Å². The molecule has 0 bridgehead atoms. The fourth-order valence-corrected chi connectivity index (χ4v) is 7.35. The highest BCUT2D eigenvalue weighted by Gasteiger charge is 2.30. The van der Waals surface area contributed by atoms with Crippen LogP contribution >= 0.6 is 0 Å². The van der Waals surface area contributed by atoms with Crippen LogP contribution in [0.5, 0.6) is 5.75 Å². The van der Waals surface area contributed by atoms with Crippen LogP contribution in [0, 0.1) is 19.8 Å². The summed E-state index contributed by atoms with van der Waals surface area (Å²) >= 11 is 0. The van der Waals surface area contributed by atoms with Gasteiger partial charge in [0.05, 0.1) is 5.92 Å². The van der Waals surface area contributed by atoms with E-state index in [0.717, 1.165) is 54.7 Å². The molecule has 5 heteroatoms. The Balaban J connectivity index is 1.27. The predicted octanol–water partition coefficient (Wildman–Crippen LogP) is 7.66. The van der Waals surface area contributed by atoms with Crippen LogP contribution in [0.2, 0.25) is 0 Å². The number of phenolic OH excluding ortho intramolecular Hbond substituents is 1. The summed E-state index contributed by atoms with van der Waals surface area (Å²) in [5.74, 6) is 0.564. The third-order valence-corrected chi connectivity index (χ3v) is 9.38. The van der Waals surface area contributed by atoms with Gasteiger partial charge in [0.15, 0.2) is 0 Å². The van der Waals surface area contributed by atoms with Crippen LogP contribution in [0.3, 0.4) is 0 Å². The number of aromatic nitrogens is 2. The van der Waals surface area contributed by atoms with Crippen molar-refractivity contribution in [1.82, 2.24) is 14.9 Å². The fraction of sp³-hybridized carbons (Fsp3) is 0.444. The lowest BCUT2D eigenvalue weighted by Crippen LogP contribution is -2.33. The summed E-state index contributed by atoms with van der Waals surface area (Å²) < 4.78 is 2.46. The van der Waals surface area contributed by atoms with E-state index in [1.807, 2.05) is 12.1 Å². The molecule has 1 saturated carbocycles. The molecular weight excluding hydrogens is 506 g/mol. The van der Waals surface area contributed by atoms with Gasteiger partial charge in [0.1, 0.15) is 11.4 Å². The van der Waals surface area contributed by atoms with Crippen molar-refractivity contribution >= 4 is 16.9 Å². The molecule has 2 aromatic carbocycles. The number of rotatable bonds is 7. The van der Waals surface area contributed by atoms with Gasteiger partial charge in [-0.25, -0.2) is 4.98 Å². The lowest BCUT2D eigenvalue weighted by molar-refractivity contribution is -0.124. The minimum absolute atomic E-state index is 0.110. The van der Waals surface area contributed by atoms with E-state index >= 15 is 0 Å². The number of aryl methyl sites for hydroxylation is 3. The van der Waals surface area contributed by atoms with Gasteiger partial charge in [0.2, 0.25) is 5.91 Å². The average Bonchev–Trinajstić information content (AvgIpc) is 3.10. The molecule has 2 aliphatic rings. The zero-order chi connectivity index (χ0) is 28.3. The van der Waals surface area contributed by atoms with Crippen molar-refractivity contribution in [3.8, 4) is 5.75 Å². The summed E-state index contributed by atoms with van der Waals surface area (Å²) in [5.41, 5.74) is 9.87. The Morgan fingerprint density at radius 1 is 0.927 bits per heavy atom. The van der Waals surface area contributed by atoms with E-state index in [-0.39, 0.29) is 17.6 Å². The molecule has 2 heterocycles. The first-order valence-electron chi connectivity index (χ1n) is 15.6. The van der Waals surface area contributed by atoms with Crippen LogP contribution in [0.15, 0.2) is 54.6 Å². The Morgan fingerprint density at radius 2 is 1.61 bits per heavy atom. The van der Waals surface area contributed by atoms with Crippen LogP contribution in [-0.4, -0.2) is 20.6 Å². The molecule has 0 radical (unpaired) electrons. The van der Waals surface area contributed by atoms with E-state index in [1.165, 1.54) is 66.3 Å². The summed E-state index contributed by atoms with van der Waals surface area (Å²) in [6.07, 6.45) is 11.9. The molecule has 41 heavy (non-hydrogen) atoms. The Labute approximate surface area is 244 Å². The third-order valence-electron chi connectivity index (χ3n) is 9.38. The number of carbonyl (C=O) groups is 1. The topological polar surface area (TPSA) is 67.2 Å². The minimum Gasteiger partial charge on any atom is -0.508 e. The molecule has 0 aliphatic heterocycles. The molecule has 2 N–H and O–H groups in total. The summed E-state index contributed by atoms with van der Waals surface area (Å²) in [6.45, 7) is 5.60. The molecule has 1 fully saturated rings. The normalized spacial score (nSPS) is 16.7. The van der Waals surface area contributed by atoms with Crippen molar-refractivity contribution in [2.75, 3.05) is 0 Å². The first-order valence-corrected chi connectivity index (χ1v) is 15.6. The number of aromatic hydroxyl groups is 1. The molecule has 2 aromatic heterocycles. The predicted molar refractivity (Wildman–Crippen MR) is 165 cm³/mol. The summed E-state index contributed by atoms with van der Waals surface area (Å²) in [6, 6.07) is 18.2. The molecule has 0 spiro atoms. The Hall–Kier alpha value is -3.60. The fourth-order valence-electron chi connectivity index (χ4n) is 7.35. The molecular formula is C36H43N3O2. The monoisotopic (exact) mass is 549 g/mol. The standard InChI is InChI=1S/C36H43N3O2/c1-24-21-25(2)38-35-33(24)31-11-7-8-12-32(31)39(35)23-27-13-17-29(18-14-27)34(28-9-5-3-4-6-10-28)36(41)37-22-26-15-19-30(40)20-16-26/h13-21,28,34,40H,3-12,22-23H2,1-2H3,(H,37,41). The summed E-state index contributed by atoms with van der Waals surface area (Å²) in [5, 5.41) is 14.2. The second kappa shape index (κ2) is 12.1. The number of amides is 1. The first-order chi connectivity index (χ1) is 20.0. The van der Waals surface area contributed by atoms with Gasteiger partial charge in [-0.05, 0) is 104 Å². The van der Waals surface area contributed by atoms with Gasteiger partial charge in [0.25, 0.3) is 0 Å². The van der Waals surface area contributed by atoms with Gasteiger partial charge in [-0.15, -0.1) is 0 Å². The van der Waals surface area contributed by atoms with Gasteiger partial charge in [-0.3, -0.25) is 4.79 Å². The van der Waals surface area contributed by atoms with E-state index in [1.54, 1.807) is 12.1 Å². The molecule has 1 unspecified atom stereocenters. The van der Waals surface area contributed by atoms with E-state index < -0.39 is 0 Å². The zero-order valence-corrected chi connectivity index (χ0v) is 24.6. The number of nitrogens with one attached hydrogen (secondary N) is 1. The number of benzene rings is 2. The first kappa shape index (κ1) is 27.6. The highest BCUT2D eigenvalue weighted by molar-refractivity contribution is 5.86. The van der Waals surface area contributed by atoms with Crippen LogP contribution in [0.4, 0.5) is 0 Å². The van der Waals surface area contributed by atoms with Gasteiger partial charge in [0, 0.05) is 29.9 Å². The number of hydrogen-bond acceptors (Lipinski definition) is 3. The molecule has 1 atom stereocenters. The second-order valence-corrected chi connectivity index (χ2v) is 12.4. The van der Waals surface area contributed by atoms with Crippen LogP contribution in [0.25, 0.3) is 11.0 Å². The molecule has 1 amide bonds. The largest absolute Gasteiger partial charge is 0.508 e. The maximum absolute atomic E-state index is 13.7. The number of pyridine rings is 1. The number of fused-ring (bicyclic) bond motifs is 3. The minimum atomic E-state index is -0.147. The second-order valence-electron chi connectivity index (χ2n) is 12.4. The van der Waals surface area contributed by atoms with Crippen molar-refractivity contribution in [3.63, 3.8) is 0 Å². The van der Waals surface area contributed by atoms with E-state index in [4.69, 9.17) is 4.98 Å². The molecule has 0 saturated heterocycles. The maximum atomic E-state index is 13.7. The summed E-state index contributed by atoms with van der Waals surface area (Å²) in [7, 11) is 0. The third kappa shape index (κ3) is 5.91. The number of hydrogen-bond donors (Lipinski definition) is 2. The molecule has 4 aromatic rings. The molecule has 5 nitrogen and oxygen atoms in total. The zero-order valence-electron chi connectivity index (χ0n) is 24.6. The smallest absolute Gasteiger partial charge is 0.228 e. The summed E-state index contributed by atoms with van der Waals surface area (Å²) in [4.78, 5) is 18.8. The van der Waals surface area contributed by atoms with Crippen molar-refractivity contribution in [1.29, 1.82) is 0 Å². The molecule has 214 valence electrons. The quantitative estimate of drug-likeness (QED) is 0.233. The number of carbonyl (C=O) groups excluding carboxylic acids is 1. The van der Waals surface area contributed by atoms with Crippen LogP contribution in [-0.2, 0) is 30.7 Å². The average molecular weight is 550 g/mol. The van der Waals surface area contributed by atoms with E-state index in [2.05, 4.69) is 54.1 Å². The van der Waals surface area contributed by atoms with Crippen molar-refractivity contribution in [2.24, 2.45) is 5.92 Å². The Kier molecular flexibility index (Phi) is 8.13. The van der Waals surface area contributed by atoms with E-state index in [0.29, 0.717) is 12.5 Å². The number of phenols is 1. The van der Waals surface area contributed by atoms with Crippen LogP contribution in [0.1, 0.15) is 96.5 Å². The van der Waals surface area contributed by atoms with Gasteiger partial charge >= 0.3 is 0 Å². The lowest BCUT2D eigenvalue weighted by atomic mass is 9.80. The molecule has 6 rings (SSSR count). The Bertz CT molecular complexity index is 1510. The highest BCUT2D eigenvalue weighted by Crippen LogP contribution is 2.37. The number of nitrogens with zero attached hydrogens (tertiary/aromatic N) is 2. The lowest BCUT2D eigenvalue weighted by Gasteiger charge is -2.26. The van der Waals surface area contributed by atoms with Crippen molar-refractivity contribution in [3.05, 3.63) is 93.8 Å². The van der Waals surface area contributed by atoms with E-state index in [9.17, 15) is 9.90 Å². The Morgan fingerprint density at radius 3 is 2.34 bits per heavy atom. The highest BCUT2D eigenvalue weighted by atomic mass is 16.3. The van der Waals surface area contributed by atoms with Gasteiger partial charge in [-0.2, -0.15) is 0 Å². The van der Waals surface area contributed by atoms with Crippen molar-refractivity contribution in [2.45, 2.75) is 97.1 Å². The maximum Gasteiger partial charge on any atom is 0.228 e.